The Kier molecular flexibility index (Phi) is 4.22. The minimum absolute atomic E-state index is 0.153. The van der Waals surface area contributed by atoms with E-state index in [1.54, 1.807) is 0 Å². The minimum Gasteiger partial charge on any atom is -0.377 e. The van der Waals surface area contributed by atoms with Gasteiger partial charge in [0.2, 0.25) is 0 Å². The predicted octanol–water partition coefficient (Wildman–Crippen LogP) is 1.27. The number of aliphatic imine (C=N–C) groups is 1. The van der Waals surface area contributed by atoms with Gasteiger partial charge in [-0.05, 0) is 26.7 Å². The van der Waals surface area contributed by atoms with Gasteiger partial charge in [-0.3, -0.25) is 4.99 Å². The van der Waals surface area contributed by atoms with Crippen molar-refractivity contribution in [3.05, 3.63) is 11.6 Å². The van der Waals surface area contributed by atoms with E-state index >= 15 is 0 Å². The Morgan fingerprint density at radius 3 is 3.00 bits per heavy atom. The molecule has 3 heterocycles. The lowest BCUT2D eigenvalue weighted by atomic mass is 9.57. The molecule has 0 amide bonds. The van der Waals surface area contributed by atoms with Crippen molar-refractivity contribution in [3.63, 3.8) is 0 Å². The fourth-order valence-corrected chi connectivity index (χ4v) is 4.80. The third-order valence-electron chi connectivity index (χ3n) is 6.01. The monoisotopic (exact) mass is 346 g/mol. The second-order valence-corrected chi connectivity index (χ2v) is 8.15. The summed E-state index contributed by atoms with van der Waals surface area (Å²) in [5.41, 5.74) is 0.153. The molecule has 0 bridgehead atoms. The molecule has 1 aliphatic carbocycles. The molecule has 4 atom stereocenters. The standard InChI is InChI=1S/C18H30N6O/c1-5-19-17(22-15-13-8-9-25-16(13)18(15,3)4)21-12-6-7-14-20-11(2)23-24(14)10-12/h12-13,15-16H,5-10H2,1-4H3,(H2,19,21,22). The van der Waals surface area contributed by atoms with E-state index in [2.05, 4.69) is 46.5 Å². The first-order valence-electron chi connectivity index (χ1n) is 9.58. The van der Waals surface area contributed by atoms with Crippen LogP contribution in [-0.4, -0.2) is 52.1 Å². The molecule has 2 N–H and O–H groups in total. The Bertz CT molecular complexity index is 667. The molecule has 1 aromatic rings. The number of aryl methyl sites for hydroxylation is 2. The SMILES string of the molecule is CCN=C(NC1CCc2nc(C)nn2C1)NC1C2CCOC2C1(C)C. The van der Waals surface area contributed by atoms with Crippen LogP contribution in [0.15, 0.2) is 4.99 Å². The van der Waals surface area contributed by atoms with Gasteiger partial charge >= 0.3 is 0 Å². The molecule has 138 valence electrons. The van der Waals surface area contributed by atoms with Crippen LogP contribution >= 0.6 is 0 Å². The van der Waals surface area contributed by atoms with Gasteiger partial charge < -0.3 is 15.4 Å². The second-order valence-electron chi connectivity index (χ2n) is 8.15. The van der Waals surface area contributed by atoms with Crippen LogP contribution in [0.2, 0.25) is 0 Å². The van der Waals surface area contributed by atoms with Crippen LogP contribution in [0.5, 0.6) is 0 Å². The molecule has 2 aliphatic heterocycles. The summed E-state index contributed by atoms with van der Waals surface area (Å²) in [4.78, 5) is 9.18. The fraction of sp³-hybridized carbons (Fsp3) is 0.833. The average molecular weight is 346 g/mol. The van der Waals surface area contributed by atoms with E-state index < -0.39 is 0 Å². The zero-order valence-electron chi connectivity index (χ0n) is 15.7. The van der Waals surface area contributed by atoms with Crippen LogP contribution in [-0.2, 0) is 17.7 Å². The summed E-state index contributed by atoms with van der Waals surface area (Å²) in [7, 11) is 0. The number of fused-ring (bicyclic) bond motifs is 2. The van der Waals surface area contributed by atoms with E-state index in [4.69, 9.17) is 4.74 Å². The summed E-state index contributed by atoms with van der Waals surface area (Å²) in [6.45, 7) is 11.1. The summed E-state index contributed by atoms with van der Waals surface area (Å²) >= 11 is 0. The largest absolute Gasteiger partial charge is 0.377 e. The number of nitrogens with zero attached hydrogens (tertiary/aromatic N) is 4. The molecule has 0 aromatic carbocycles. The van der Waals surface area contributed by atoms with Crippen molar-refractivity contribution in [3.8, 4) is 0 Å². The third-order valence-corrected chi connectivity index (χ3v) is 6.01. The highest BCUT2D eigenvalue weighted by molar-refractivity contribution is 5.80. The zero-order valence-corrected chi connectivity index (χ0v) is 15.7. The molecule has 0 radical (unpaired) electrons. The molecule has 2 fully saturated rings. The van der Waals surface area contributed by atoms with Gasteiger partial charge in [0.15, 0.2) is 5.96 Å². The highest BCUT2D eigenvalue weighted by atomic mass is 16.5. The molecule has 25 heavy (non-hydrogen) atoms. The van der Waals surface area contributed by atoms with Gasteiger partial charge in [0.25, 0.3) is 0 Å². The van der Waals surface area contributed by atoms with Crippen molar-refractivity contribution in [2.75, 3.05) is 13.2 Å². The van der Waals surface area contributed by atoms with Crippen molar-refractivity contribution in [1.29, 1.82) is 0 Å². The van der Waals surface area contributed by atoms with E-state index in [-0.39, 0.29) is 5.41 Å². The van der Waals surface area contributed by atoms with Crippen LogP contribution < -0.4 is 10.6 Å². The number of nitrogens with one attached hydrogen (secondary N) is 2. The predicted molar refractivity (Wildman–Crippen MR) is 96.5 cm³/mol. The van der Waals surface area contributed by atoms with E-state index in [9.17, 15) is 0 Å². The van der Waals surface area contributed by atoms with Crippen molar-refractivity contribution in [2.24, 2.45) is 16.3 Å². The summed E-state index contributed by atoms with van der Waals surface area (Å²) in [6.07, 6.45) is 3.57. The lowest BCUT2D eigenvalue weighted by Crippen LogP contribution is -2.68. The molecular weight excluding hydrogens is 316 g/mol. The maximum Gasteiger partial charge on any atom is 0.191 e. The number of guanidine groups is 1. The maximum atomic E-state index is 5.91. The van der Waals surface area contributed by atoms with Crippen LogP contribution in [0.3, 0.4) is 0 Å². The maximum absolute atomic E-state index is 5.91. The Hall–Kier alpha value is -1.63. The number of hydrogen-bond donors (Lipinski definition) is 2. The Labute approximate surface area is 149 Å². The van der Waals surface area contributed by atoms with Crippen LogP contribution in [0.25, 0.3) is 0 Å². The molecule has 7 heteroatoms. The second kappa shape index (κ2) is 6.27. The zero-order chi connectivity index (χ0) is 17.6. The molecule has 1 saturated carbocycles. The smallest absolute Gasteiger partial charge is 0.191 e. The number of rotatable bonds is 3. The van der Waals surface area contributed by atoms with Gasteiger partial charge in [-0.15, -0.1) is 0 Å². The third kappa shape index (κ3) is 2.92. The van der Waals surface area contributed by atoms with Crippen LogP contribution in [0.1, 0.15) is 45.3 Å². The van der Waals surface area contributed by atoms with E-state index in [0.717, 1.165) is 56.6 Å². The van der Waals surface area contributed by atoms with Crippen LogP contribution in [0.4, 0.5) is 0 Å². The summed E-state index contributed by atoms with van der Waals surface area (Å²) < 4.78 is 7.95. The Morgan fingerprint density at radius 2 is 2.20 bits per heavy atom. The Balaban J connectivity index is 1.42. The van der Waals surface area contributed by atoms with E-state index in [1.807, 2.05) is 11.6 Å². The van der Waals surface area contributed by atoms with Gasteiger partial charge in [0.1, 0.15) is 11.6 Å². The first-order valence-corrected chi connectivity index (χ1v) is 9.58. The van der Waals surface area contributed by atoms with Gasteiger partial charge in [0, 0.05) is 43.0 Å². The van der Waals surface area contributed by atoms with Gasteiger partial charge in [0.05, 0.1) is 12.6 Å². The number of ether oxygens (including phenoxy) is 1. The molecule has 3 aliphatic rings. The first kappa shape index (κ1) is 16.8. The first-order chi connectivity index (χ1) is 12.0. The van der Waals surface area contributed by atoms with Crippen molar-refractivity contribution in [1.82, 2.24) is 25.4 Å². The average Bonchev–Trinajstić information content (AvgIpc) is 3.16. The molecular formula is C18H30N6O. The van der Waals surface area contributed by atoms with Crippen molar-refractivity contribution < 1.29 is 4.74 Å². The van der Waals surface area contributed by atoms with Gasteiger partial charge in [-0.2, -0.15) is 5.10 Å². The van der Waals surface area contributed by atoms with E-state index in [0.29, 0.717) is 24.1 Å². The molecule has 7 nitrogen and oxygen atoms in total. The lowest BCUT2D eigenvalue weighted by Gasteiger charge is -2.55. The van der Waals surface area contributed by atoms with Crippen LogP contribution in [0, 0.1) is 18.3 Å². The molecule has 1 aromatic heterocycles. The quantitative estimate of drug-likeness (QED) is 0.637. The highest BCUT2D eigenvalue weighted by Crippen LogP contribution is 2.52. The van der Waals surface area contributed by atoms with Crippen molar-refractivity contribution in [2.45, 2.75) is 71.7 Å². The Morgan fingerprint density at radius 1 is 1.36 bits per heavy atom. The van der Waals surface area contributed by atoms with Gasteiger partial charge in [-0.1, -0.05) is 13.8 Å². The fourth-order valence-electron chi connectivity index (χ4n) is 4.80. The van der Waals surface area contributed by atoms with Gasteiger partial charge in [-0.25, -0.2) is 9.67 Å². The topological polar surface area (TPSA) is 76.4 Å². The van der Waals surface area contributed by atoms with Crippen molar-refractivity contribution >= 4 is 5.96 Å². The summed E-state index contributed by atoms with van der Waals surface area (Å²) in [5, 5.41) is 11.8. The summed E-state index contributed by atoms with van der Waals surface area (Å²) in [6, 6.07) is 0.760. The molecule has 0 spiro atoms. The molecule has 1 saturated heterocycles. The van der Waals surface area contributed by atoms with E-state index in [1.165, 1.54) is 0 Å². The molecule has 4 rings (SSSR count). The normalized spacial score (nSPS) is 33.4. The summed E-state index contributed by atoms with van der Waals surface area (Å²) in [5.74, 6) is 3.49. The highest BCUT2D eigenvalue weighted by Gasteiger charge is 2.59. The molecule has 4 unspecified atom stereocenters. The minimum atomic E-state index is 0.153. The number of hydrogen-bond acceptors (Lipinski definition) is 4. The lowest BCUT2D eigenvalue weighted by molar-refractivity contribution is -0.106. The number of aromatic nitrogens is 3.